The van der Waals surface area contributed by atoms with Gasteiger partial charge in [-0.15, -0.1) is 0 Å². The fraction of sp³-hybridized carbons (Fsp3) is 0.611. The smallest absolute Gasteiger partial charge is 0.371 e. The van der Waals surface area contributed by atoms with Gasteiger partial charge in [0.25, 0.3) is 0 Å². The van der Waals surface area contributed by atoms with E-state index in [2.05, 4.69) is 4.90 Å². The van der Waals surface area contributed by atoms with Crippen LogP contribution in [-0.2, 0) is 6.18 Å². The first kappa shape index (κ1) is 17.1. The number of anilines is 1. The molecule has 2 heterocycles. The lowest BCUT2D eigenvalue weighted by atomic mass is 9.95. The van der Waals surface area contributed by atoms with Gasteiger partial charge in [-0.2, -0.15) is 18.4 Å². The van der Waals surface area contributed by atoms with E-state index in [1.165, 1.54) is 25.0 Å². The molecule has 0 unspecified atom stereocenters. The molecule has 0 aliphatic carbocycles. The fourth-order valence-corrected chi connectivity index (χ4v) is 3.80. The average molecular weight is 337 g/mol. The van der Waals surface area contributed by atoms with Crippen molar-refractivity contribution < 1.29 is 13.2 Å². The zero-order valence-electron chi connectivity index (χ0n) is 13.6. The molecule has 0 aromatic heterocycles. The van der Waals surface area contributed by atoms with Crippen LogP contribution in [0.2, 0.25) is 0 Å². The Morgan fingerprint density at radius 3 is 2.33 bits per heavy atom. The van der Waals surface area contributed by atoms with Gasteiger partial charge in [-0.1, -0.05) is 0 Å². The van der Waals surface area contributed by atoms with E-state index in [1.807, 2.05) is 4.90 Å². The predicted molar refractivity (Wildman–Crippen MR) is 86.8 cm³/mol. The standard InChI is InChI=1S/C18H22F3N3/c19-18(20,21)16-11-15(12-22)3-4-17(16)24-9-5-14(6-10-24)13-23-7-1-2-8-23/h3-4,11,14H,1-2,5-10,13H2. The van der Waals surface area contributed by atoms with Crippen molar-refractivity contribution in [3.05, 3.63) is 29.3 Å². The highest BCUT2D eigenvalue weighted by Gasteiger charge is 2.36. The van der Waals surface area contributed by atoms with Crippen molar-refractivity contribution in [2.24, 2.45) is 5.92 Å². The summed E-state index contributed by atoms with van der Waals surface area (Å²) in [4.78, 5) is 4.30. The molecule has 1 aromatic rings. The van der Waals surface area contributed by atoms with E-state index >= 15 is 0 Å². The third kappa shape index (κ3) is 3.84. The summed E-state index contributed by atoms with van der Waals surface area (Å²) in [5, 5.41) is 8.86. The SMILES string of the molecule is N#Cc1ccc(N2CCC(CN3CCCC3)CC2)c(C(F)(F)F)c1. The summed E-state index contributed by atoms with van der Waals surface area (Å²) in [6.07, 6.45) is -0.0613. The number of hydrogen-bond acceptors (Lipinski definition) is 3. The van der Waals surface area contributed by atoms with Gasteiger partial charge in [0, 0.05) is 25.3 Å². The van der Waals surface area contributed by atoms with Gasteiger partial charge in [-0.05, 0) is 62.9 Å². The summed E-state index contributed by atoms with van der Waals surface area (Å²) in [6.45, 7) is 4.69. The molecule has 0 N–H and O–H groups in total. The molecule has 6 heteroatoms. The van der Waals surface area contributed by atoms with Gasteiger partial charge in [0.15, 0.2) is 0 Å². The second-order valence-electron chi connectivity index (χ2n) is 6.78. The third-order valence-corrected chi connectivity index (χ3v) is 5.10. The Labute approximate surface area is 140 Å². The Balaban J connectivity index is 1.68. The molecule has 3 nitrogen and oxygen atoms in total. The molecule has 2 aliphatic heterocycles. The van der Waals surface area contributed by atoms with Crippen LogP contribution in [0.3, 0.4) is 0 Å². The summed E-state index contributed by atoms with van der Waals surface area (Å²) >= 11 is 0. The third-order valence-electron chi connectivity index (χ3n) is 5.10. The number of likely N-dealkylation sites (tertiary alicyclic amines) is 1. The van der Waals surface area contributed by atoms with Crippen molar-refractivity contribution in [1.29, 1.82) is 5.26 Å². The quantitative estimate of drug-likeness (QED) is 0.838. The minimum Gasteiger partial charge on any atom is -0.371 e. The highest BCUT2D eigenvalue weighted by molar-refractivity contribution is 5.58. The normalized spacial score (nSPS) is 20.3. The zero-order valence-corrected chi connectivity index (χ0v) is 13.6. The molecule has 0 radical (unpaired) electrons. The number of rotatable bonds is 3. The van der Waals surface area contributed by atoms with Crippen LogP contribution < -0.4 is 4.90 Å². The Morgan fingerprint density at radius 1 is 1.08 bits per heavy atom. The molecule has 0 bridgehead atoms. The Bertz CT molecular complexity index is 607. The van der Waals surface area contributed by atoms with Crippen molar-refractivity contribution in [3.8, 4) is 6.07 Å². The number of nitrogens with zero attached hydrogens (tertiary/aromatic N) is 3. The average Bonchev–Trinajstić information content (AvgIpc) is 3.07. The van der Waals surface area contributed by atoms with Gasteiger partial charge in [0.05, 0.1) is 17.2 Å². The molecular weight excluding hydrogens is 315 g/mol. The Hall–Kier alpha value is -1.74. The lowest BCUT2D eigenvalue weighted by Gasteiger charge is -2.36. The van der Waals surface area contributed by atoms with E-state index in [0.29, 0.717) is 19.0 Å². The summed E-state index contributed by atoms with van der Waals surface area (Å²) in [5.41, 5.74) is -0.435. The van der Waals surface area contributed by atoms with Crippen LogP contribution >= 0.6 is 0 Å². The lowest BCUT2D eigenvalue weighted by Crippen LogP contribution is -2.38. The van der Waals surface area contributed by atoms with E-state index < -0.39 is 11.7 Å². The van der Waals surface area contributed by atoms with E-state index in [9.17, 15) is 13.2 Å². The molecular formula is C18H22F3N3. The largest absolute Gasteiger partial charge is 0.418 e. The monoisotopic (exact) mass is 337 g/mol. The fourth-order valence-electron chi connectivity index (χ4n) is 3.80. The van der Waals surface area contributed by atoms with E-state index in [0.717, 1.165) is 38.5 Å². The van der Waals surface area contributed by atoms with Crippen LogP contribution in [0.25, 0.3) is 0 Å². The first-order chi connectivity index (χ1) is 11.5. The molecule has 24 heavy (non-hydrogen) atoms. The van der Waals surface area contributed by atoms with Crippen molar-refractivity contribution >= 4 is 5.69 Å². The minimum absolute atomic E-state index is 0.0509. The van der Waals surface area contributed by atoms with Crippen molar-refractivity contribution in [3.63, 3.8) is 0 Å². The number of benzene rings is 1. The Kier molecular flexibility index (Phi) is 5.00. The molecule has 0 saturated carbocycles. The summed E-state index contributed by atoms with van der Waals surface area (Å²) in [6, 6.07) is 5.68. The van der Waals surface area contributed by atoms with Crippen molar-refractivity contribution in [2.45, 2.75) is 31.9 Å². The highest BCUT2D eigenvalue weighted by atomic mass is 19.4. The Morgan fingerprint density at radius 2 is 1.75 bits per heavy atom. The maximum atomic E-state index is 13.3. The van der Waals surface area contributed by atoms with Crippen molar-refractivity contribution in [2.75, 3.05) is 37.6 Å². The van der Waals surface area contributed by atoms with Gasteiger partial charge >= 0.3 is 6.18 Å². The summed E-state index contributed by atoms with van der Waals surface area (Å²) < 4.78 is 40.0. The molecule has 0 amide bonds. The maximum Gasteiger partial charge on any atom is 0.418 e. The number of halogens is 3. The van der Waals surface area contributed by atoms with Crippen molar-refractivity contribution in [1.82, 2.24) is 4.90 Å². The number of nitriles is 1. The van der Waals surface area contributed by atoms with Gasteiger partial charge < -0.3 is 9.80 Å². The van der Waals surface area contributed by atoms with E-state index in [4.69, 9.17) is 5.26 Å². The first-order valence-corrected chi connectivity index (χ1v) is 8.56. The number of piperidine rings is 1. The minimum atomic E-state index is -4.44. The predicted octanol–water partition coefficient (Wildman–Crippen LogP) is 3.89. The van der Waals surface area contributed by atoms with Crippen LogP contribution in [0.4, 0.5) is 18.9 Å². The highest BCUT2D eigenvalue weighted by Crippen LogP contribution is 2.38. The second kappa shape index (κ2) is 7.02. The number of alkyl halides is 3. The molecule has 0 atom stereocenters. The van der Waals surface area contributed by atoms with Gasteiger partial charge in [-0.3, -0.25) is 0 Å². The van der Waals surface area contributed by atoms with Gasteiger partial charge in [0.2, 0.25) is 0 Å². The lowest BCUT2D eigenvalue weighted by molar-refractivity contribution is -0.137. The molecule has 0 spiro atoms. The van der Waals surface area contributed by atoms with Gasteiger partial charge in [0.1, 0.15) is 0 Å². The van der Waals surface area contributed by atoms with Crippen LogP contribution in [0, 0.1) is 17.2 Å². The topological polar surface area (TPSA) is 30.3 Å². The molecule has 1 aromatic carbocycles. The first-order valence-electron chi connectivity index (χ1n) is 8.56. The van der Waals surface area contributed by atoms with E-state index in [1.54, 1.807) is 6.07 Å². The van der Waals surface area contributed by atoms with Crippen LogP contribution in [0.1, 0.15) is 36.8 Å². The second-order valence-corrected chi connectivity index (χ2v) is 6.78. The summed E-state index contributed by atoms with van der Waals surface area (Å²) in [5.74, 6) is 0.576. The number of hydrogen-bond donors (Lipinski definition) is 0. The summed E-state index contributed by atoms with van der Waals surface area (Å²) in [7, 11) is 0. The molecule has 130 valence electrons. The van der Waals surface area contributed by atoms with Crippen LogP contribution in [0.15, 0.2) is 18.2 Å². The maximum absolute atomic E-state index is 13.3. The molecule has 3 rings (SSSR count). The van der Waals surface area contributed by atoms with Crippen LogP contribution in [0.5, 0.6) is 0 Å². The van der Waals surface area contributed by atoms with E-state index in [-0.39, 0.29) is 11.3 Å². The molecule has 2 saturated heterocycles. The zero-order chi connectivity index (χ0) is 17.2. The molecule has 2 aliphatic rings. The van der Waals surface area contributed by atoms with Crippen LogP contribution in [-0.4, -0.2) is 37.6 Å². The molecule has 2 fully saturated rings. The van der Waals surface area contributed by atoms with Gasteiger partial charge in [-0.25, -0.2) is 0 Å².